The fourth-order valence-electron chi connectivity index (χ4n) is 2.58. The zero-order chi connectivity index (χ0) is 12.1. The van der Waals surface area contributed by atoms with E-state index >= 15 is 0 Å². The van der Waals surface area contributed by atoms with E-state index in [0.29, 0.717) is 18.4 Å². The molecule has 0 bridgehead atoms. The molecule has 3 atom stereocenters. The number of nitrogens with two attached hydrogens (primary N) is 1. The third-order valence-corrected chi connectivity index (χ3v) is 3.81. The maximum atomic E-state index is 12.1. The molecule has 0 aliphatic heterocycles. The monoisotopic (exact) mass is 226 g/mol. The fraction of sp³-hybridized carbons (Fsp3) is 0.923. The standard InChI is InChI=1S/C13H26N2O/c1-9(2)12(7-8-14)15-13(16)11-6-4-5-10(11)3/h9-12H,4-8,14H2,1-3H3,(H,15,16). The van der Waals surface area contributed by atoms with Gasteiger partial charge in [-0.15, -0.1) is 0 Å². The van der Waals surface area contributed by atoms with Crippen LogP contribution in [0, 0.1) is 17.8 Å². The second-order valence-electron chi connectivity index (χ2n) is 5.45. The second-order valence-corrected chi connectivity index (χ2v) is 5.45. The summed E-state index contributed by atoms with van der Waals surface area (Å²) >= 11 is 0. The van der Waals surface area contributed by atoms with Crippen molar-refractivity contribution in [3.8, 4) is 0 Å². The van der Waals surface area contributed by atoms with Crippen molar-refractivity contribution in [1.29, 1.82) is 0 Å². The second kappa shape index (κ2) is 6.24. The summed E-state index contributed by atoms with van der Waals surface area (Å²) in [6.07, 6.45) is 4.33. The Hall–Kier alpha value is -0.570. The molecule has 16 heavy (non-hydrogen) atoms. The van der Waals surface area contributed by atoms with Gasteiger partial charge in [-0.2, -0.15) is 0 Å². The lowest BCUT2D eigenvalue weighted by atomic mass is 9.95. The number of amides is 1. The fourth-order valence-corrected chi connectivity index (χ4v) is 2.58. The first-order valence-corrected chi connectivity index (χ1v) is 6.56. The summed E-state index contributed by atoms with van der Waals surface area (Å²) in [7, 11) is 0. The summed E-state index contributed by atoms with van der Waals surface area (Å²) < 4.78 is 0. The van der Waals surface area contributed by atoms with Gasteiger partial charge in [0.25, 0.3) is 0 Å². The van der Waals surface area contributed by atoms with E-state index in [1.165, 1.54) is 12.8 Å². The largest absolute Gasteiger partial charge is 0.353 e. The minimum absolute atomic E-state index is 0.235. The van der Waals surface area contributed by atoms with Crippen LogP contribution in [0.15, 0.2) is 0 Å². The van der Waals surface area contributed by atoms with Gasteiger partial charge in [0.1, 0.15) is 0 Å². The first-order chi connectivity index (χ1) is 7.56. The van der Waals surface area contributed by atoms with E-state index < -0.39 is 0 Å². The van der Waals surface area contributed by atoms with Crippen LogP contribution in [-0.4, -0.2) is 18.5 Å². The van der Waals surface area contributed by atoms with E-state index in [1.807, 2.05) is 0 Å². The van der Waals surface area contributed by atoms with Gasteiger partial charge in [-0.3, -0.25) is 4.79 Å². The Morgan fingerprint density at radius 2 is 2.12 bits per heavy atom. The van der Waals surface area contributed by atoms with Gasteiger partial charge < -0.3 is 11.1 Å². The average Bonchev–Trinajstić information content (AvgIpc) is 2.63. The number of carbonyl (C=O) groups is 1. The number of carbonyl (C=O) groups excluding carboxylic acids is 1. The molecule has 1 aliphatic carbocycles. The first-order valence-electron chi connectivity index (χ1n) is 6.56. The highest BCUT2D eigenvalue weighted by Gasteiger charge is 2.30. The molecule has 3 heteroatoms. The molecule has 0 spiro atoms. The first kappa shape index (κ1) is 13.5. The Morgan fingerprint density at radius 3 is 2.56 bits per heavy atom. The highest BCUT2D eigenvalue weighted by Crippen LogP contribution is 2.31. The molecule has 0 aromatic carbocycles. The third kappa shape index (κ3) is 3.48. The van der Waals surface area contributed by atoms with Crippen molar-refractivity contribution in [3.63, 3.8) is 0 Å². The predicted molar refractivity (Wildman–Crippen MR) is 66.9 cm³/mol. The van der Waals surface area contributed by atoms with Crippen LogP contribution in [0.5, 0.6) is 0 Å². The van der Waals surface area contributed by atoms with Crippen LogP contribution in [0.25, 0.3) is 0 Å². The van der Waals surface area contributed by atoms with E-state index in [4.69, 9.17) is 5.73 Å². The molecule has 1 rings (SSSR count). The summed E-state index contributed by atoms with van der Waals surface area (Å²) in [5.41, 5.74) is 5.57. The molecule has 1 amide bonds. The van der Waals surface area contributed by atoms with Crippen molar-refractivity contribution in [2.75, 3.05) is 6.54 Å². The number of nitrogens with one attached hydrogen (secondary N) is 1. The van der Waals surface area contributed by atoms with Crippen LogP contribution < -0.4 is 11.1 Å². The number of hydrogen-bond donors (Lipinski definition) is 2. The van der Waals surface area contributed by atoms with Gasteiger partial charge in [0, 0.05) is 12.0 Å². The highest BCUT2D eigenvalue weighted by atomic mass is 16.2. The summed E-state index contributed by atoms with van der Waals surface area (Å²) in [6, 6.07) is 0.241. The molecule has 0 radical (unpaired) electrons. The molecule has 0 aromatic heterocycles. The molecule has 94 valence electrons. The normalized spacial score (nSPS) is 27.1. The van der Waals surface area contributed by atoms with E-state index in [1.54, 1.807) is 0 Å². The molecule has 3 nitrogen and oxygen atoms in total. The maximum absolute atomic E-state index is 12.1. The Morgan fingerprint density at radius 1 is 1.44 bits per heavy atom. The topological polar surface area (TPSA) is 55.1 Å². The molecule has 3 unspecified atom stereocenters. The van der Waals surface area contributed by atoms with E-state index in [2.05, 4.69) is 26.1 Å². The van der Waals surface area contributed by atoms with E-state index in [-0.39, 0.29) is 17.9 Å². The van der Waals surface area contributed by atoms with Crippen LogP contribution in [-0.2, 0) is 4.79 Å². The molecule has 3 N–H and O–H groups in total. The average molecular weight is 226 g/mol. The van der Waals surface area contributed by atoms with Crippen molar-refractivity contribution in [2.45, 2.75) is 52.5 Å². The lowest BCUT2D eigenvalue weighted by Crippen LogP contribution is -2.43. The summed E-state index contributed by atoms with van der Waals surface area (Å²) in [6.45, 7) is 7.10. The smallest absolute Gasteiger partial charge is 0.223 e. The van der Waals surface area contributed by atoms with Crippen LogP contribution in [0.1, 0.15) is 46.5 Å². The molecule has 0 saturated heterocycles. The summed E-state index contributed by atoms with van der Waals surface area (Å²) in [5.74, 6) is 1.49. The summed E-state index contributed by atoms with van der Waals surface area (Å²) in [5, 5.41) is 3.17. The van der Waals surface area contributed by atoms with Gasteiger partial charge in [-0.1, -0.05) is 27.2 Å². The Bertz CT molecular complexity index is 228. The Labute approximate surface area is 99.2 Å². The lowest BCUT2D eigenvalue weighted by Gasteiger charge is -2.25. The molecule has 0 heterocycles. The van der Waals surface area contributed by atoms with Gasteiger partial charge in [0.15, 0.2) is 0 Å². The third-order valence-electron chi connectivity index (χ3n) is 3.81. The lowest BCUT2D eigenvalue weighted by molar-refractivity contribution is -0.126. The van der Waals surface area contributed by atoms with Crippen LogP contribution in [0.4, 0.5) is 0 Å². The van der Waals surface area contributed by atoms with E-state index in [9.17, 15) is 4.79 Å². The van der Waals surface area contributed by atoms with E-state index in [0.717, 1.165) is 12.8 Å². The molecule has 0 aromatic rings. The Balaban J connectivity index is 2.47. The summed E-state index contributed by atoms with van der Waals surface area (Å²) in [4.78, 5) is 12.1. The quantitative estimate of drug-likeness (QED) is 0.752. The van der Waals surface area contributed by atoms with Crippen LogP contribution in [0.3, 0.4) is 0 Å². The molecular weight excluding hydrogens is 200 g/mol. The van der Waals surface area contributed by atoms with Gasteiger partial charge in [-0.25, -0.2) is 0 Å². The zero-order valence-corrected chi connectivity index (χ0v) is 10.8. The molecular formula is C13H26N2O. The van der Waals surface area contributed by atoms with Gasteiger partial charge >= 0.3 is 0 Å². The van der Waals surface area contributed by atoms with Crippen molar-refractivity contribution >= 4 is 5.91 Å². The predicted octanol–water partition coefficient (Wildman–Crippen LogP) is 1.91. The highest BCUT2D eigenvalue weighted by molar-refractivity contribution is 5.79. The minimum atomic E-state index is 0.235. The van der Waals surface area contributed by atoms with Crippen LogP contribution >= 0.6 is 0 Å². The molecule has 1 aliphatic rings. The van der Waals surface area contributed by atoms with Crippen molar-refractivity contribution in [3.05, 3.63) is 0 Å². The minimum Gasteiger partial charge on any atom is -0.353 e. The van der Waals surface area contributed by atoms with Gasteiger partial charge in [-0.05, 0) is 37.6 Å². The van der Waals surface area contributed by atoms with Crippen LogP contribution in [0.2, 0.25) is 0 Å². The maximum Gasteiger partial charge on any atom is 0.223 e. The molecule has 1 saturated carbocycles. The van der Waals surface area contributed by atoms with Crippen molar-refractivity contribution in [2.24, 2.45) is 23.5 Å². The number of rotatable bonds is 5. The van der Waals surface area contributed by atoms with Gasteiger partial charge in [0.05, 0.1) is 0 Å². The van der Waals surface area contributed by atoms with Crippen molar-refractivity contribution in [1.82, 2.24) is 5.32 Å². The number of hydrogen-bond acceptors (Lipinski definition) is 2. The van der Waals surface area contributed by atoms with Gasteiger partial charge in [0.2, 0.25) is 5.91 Å². The Kier molecular flexibility index (Phi) is 5.26. The van der Waals surface area contributed by atoms with Crippen molar-refractivity contribution < 1.29 is 4.79 Å². The SMILES string of the molecule is CC(C)C(CCN)NC(=O)C1CCCC1C. The molecule has 1 fully saturated rings. The zero-order valence-electron chi connectivity index (χ0n) is 10.8.